The van der Waals surface area contributed by atoms with E-state index in [1.165, 1.54) is 101 Å². The molecule has 4 aromatic carbocycles. The van der Waals surface area contributed by atoms with Gasteiger partial charge in [0.25, 0.3) is 35.8 Å². The molecule has 0 aliphatic carbocycles. The Kier molecular flexibility index (Phi) is 34.4. The fourth-order valence-electron chi connectivity index (χ4n) is 8.30. The van der Waals surface area contributed by atoms with Crippen LogP contribution in [0.15, 0.2) is 146 Å². The standard InChI is InChI=1S/C19H27N5O4S2.C15H20N4O4S2.C14H16N4O6S3.C14H18N4O4S3/c1-6-7-8-20-15-11-14(18(25)28-5)12-16(30(26,27)22-13-23(2)3)17(15)29-19-21-9-10-24(19)4;1-3-4-5-17-11-8-10(14(20)21)9-12(25(16,22)23)13(11)24-15-18-6-7-19(15)2;1-17(2)8-16-27(22,23)11-7-9(13(19)24-3)6-10(18(20)21)12(11)26-14-15-4-5-25-14;1-18(2)8-17-25(20,21)11-7-9(13(19)22-3)6-10(15)12(11)24-14-16-4-5-23-14/h9-13,20H,6-8H2,1-5H3;6-9,17H,3-5H2,1-2H3,(H,20,21)(H2,16,22,23);6-8H,4-5H2,1-3H3;6-8H,4-5,15H2,1-3H3. The number of methoxy groups -OCH3 is 3. The zero-order valence-corrected chi connectivity index (χ0v) is 68.3. The molecule has 35 nitrogen and oxygen atoms in total. The van der Waals surface area contributed by atoms with Crippen LogP contribution >= 0.6 is 70.6 Å². The van der Waals surface area contributed by atoms with Crippen molar-refractivity contribution in [1.82, 2.24) is 33.8 Å². The Balaban J connectivity index is 0.000000257. The number of nitrogens with two attached hydrogens (primary N) is 2. The number of aromatic carboxylic acids is 1. The van der Waals surface area contributed by atoms with Crippen LogP contribution in [-0.2, 0) is 68.4 Å². The number of carboxylic acid groups (broad SMARTS) is 1. The molecule has 0 saturated heterocycles. The van der Waals surface area contributed by atoms with Gasteiger partial charge < -0.3 is 59.5 Å². The smallest absolute Gasteiger partial charge is 0.338 e. The average molecular weight is 1670 g/mol. The van der Waals surface area contributed by atoms with Gasteiger partial charge in [-0.2, -0.15) is 25.3 Å². The van der Waals surface area contributed by atoms with E-state index in [0.29, 0.717) is 72.7 Å². The Morgan fingerprint density at radius 3 is 1.30 bits per heavy atom. The zero-order valence-electron chi connectivity index (χ0n) is 60.2. The van der Waals surface area contributed by atoms with Crippen molar-refractivity contribution in [2.45, 2.75) is 89.0 Å². The molecule has 2 aromatic heterocycles. The predicted molar refractivity (Wildman–Crippen MR) is 420 cm³/mol. The lowest BCUT2D eigenvalue weighted by atomic mass is 10.2. The van der Waals surface area contributed by atoms with Gasteiger partial charge in [-0.1, -0.05) is 73.7 Å². The highest BCUT2D eigenvalue weighted by atomic mass is 32.2. The van der Waals surface area contributed by atoms with E-state index >= 15 is 0 Å². The summed E-state index contributed by atoms with van der Waals surface area (Å²) in [5.74, 6) is -1.88. The number of benzene rings is 4. The van der Waals surface area contributed by atoms with E-state index in [4.69, 9.17) is 15.6 Å². The minimum Gasteiger partial charge on any atom is -0.478 e. The van der Waals surface area contributed by atoms with Crippen LogP contribution in [0.1, 0.15) is 81.0 Å². The van der Waals surface area contributed by atoms with Gasteiger partial charge in [-0.05, 0) is 78.8 Å². The normalized spacial score (nSPS) is 13.0. The summed E-state index contributed by atoms with van der Waals surface area (Å²) in [6, 6.07) is 10.0. The Bertz CT molecular complexity index is 4860. The number of imidazole rings is 2. The van der Waals surface area contributed by atoms with Gasteiger partial charge in [0.15, 0.2) is 10.3 Å². The molecule has 0 bridgehead atoms. The van der Waals surface area contributed by atoms with Crippen molar-refractivity contribution in [2.24, 2.45) is 42.4 Å². The SMILES string of the molecule is CCCCNc1cc(C(=O)O)cc(S(N)(=O)=O)c1Sc1nccn1C.CCCCNc1cc(C(=O)OC)cc(S(=O)(=O)N=CN(C)C)c1Sc1nccn1C.COC(=O)c1cc(N)c(SC2=NCCS2)c(S(=O)(=O)N=CN(C)C)c1.COC(=O)c1cc([N+](=O)[O-])c(SC2=NCCS2)c(S(=O)(=O)N=CN(C)C)c1. The van der Waals surface area contributed by atoms with Crippen LogP contribution in [0.2, 0.25) is 0 Å². The largest absolute Gasteiger partial charge is 0.478 e. The molecule has 0 radical (unpaired) electrons. The molecule has 107 heavy (non-hydrogen) atoms. The summed E-state index contributed by atoms with van der Waals surface area (Å²) < 4.78 is 131. The Morgan fingerprint density at radius 1 is 0.589 bits per heavy atom. The second-order valence-corrected chi connectivity index (χ2v) is 35.6. The third kappa shape index (κ3) is 26.5. The van der Waals surface area contributed by atoms with Gasteiger partial charge in [-0.25, -0.2) is 42.7 Å². The lowest BCUT2D eigenvalue weighted by molar-refractivity contribution is -0.388. The number of thioether (sulfide) groups is 4. The third-order valence-corrected chi connectivity index (χ3v) is 25.7. The fourth-order valence-corrected chi connectivity index (χ4v) is 19.7. The van der Waals surface area contributed by atoms with E-state index in [-0.39, 0.29) is 47.5 Å². The Morgan fingerprint density at radius 2 is 0.953 bits per heavy atom. The molecule has 0 spiro atoms. The van der Waals surface area contributed by atoms with Crippen molar-refractivity contribution in [2.75, 3.05) is 118 Å². The van der Waals surface area contributed by atoms with Gasteiger partial charge in [-0.3, -0.25) is 20.1 Å². The summed E-state index contributed by atoms with van der Waals surface area (Å²) in [6.45, 7) is 6.50. The molecule has 2 aliphatic heterocycles. The second kappa shape index (κ2) is 41.2. The number of nitrogens with zero attached hydrogens (tertiary/aromatic N) is 13. The number of nitrogen functional groups attached to an aromatic ring is 1. The summed E-state index contributed by atoms with van der Waals surface area (Å²) in [7, 11) is 0.361. The van der Waals surface area contributed by atoms with Crippen molar-refractivity contribution in [1.29, 1.82) is 0 Å². The van der Waals surface area contributed by atoms with Gasteiger partial charge in [0.05, 0.1) is 92.6 Å². The molecule has 0 atom stereocenters. The quantitative estimate of drug-likeness (QED) is 0.00430. The third-order valence-electron chi connectivity index (χ3n) is 13.5. The number of nitro groups is 1. The van der Waals surface area contributed by atoms with Crippen LogP contribution in [0.5, 0.6) is 0 Å². The van der Waals surface area contributed by atoms with Crippen molar-refractivity contribution in [3.8, 4) is 0 Å². The van der Waals surface area contributed by atoms with Crippen LogP contribution < -0.4 is 21.5 Å². The van der Waals surface area contributed by atoms with Crippen LogP contribution in [0.25, 0.3) is 0 Å². The first-order valence-electron chi connectivity index (χ1n) is 31.3. The fraction of sp³-hybridized carbons (Fsp3) is 0.371. The van der Waals surface area contributed by atoms with Crippen molar-refractivity contribution >= 4 is 185 Å². The van der Waals surface area contributed by atoms with Crippen molar-refractivity contribution in [3.05, 3.63) is 106 Å². The number of rotatable bonds is 29. The first-order chi connectivity index (χ1) is 50.3. The Hall–Kier alpha value is -8.41. The van der Waals surface area contributed by atoms with E-state index in [1.54, 1.807) is 89.3 Å². The lowest BCUT2D eigenvalue weighted by Gasteiger charge is -2.16. The van der Waals surface area contributed by atoms with Gasteiger partial charge in [0.2, 0.25) is 10.0 Å². The van der Waals surface area contributed by atoms with E-state index in [2.05, 4.69) is 60.2 Å². The second-order valence-electron chi connectivity index (χ2n) is 22.6. The number of sulfonamides is 4. The minimum absolute atomic E-state index is 0.0454. The molecule has 582 valence electrons. The first kappa shape index (κ1) is 89.2. The molecule has 0 amide bonds. The number of hydrogen-bond donors (Lipinski definition) is 5. The monoisotopic (exact) mass is 1670 g/mol. The molecular formula is C62H81N17O18S10. The van der Waals surface area contributed by atoms with Crippen LogP contribution in [0.4, 0.5) is 22.7 Å². The molecular weight excluding hydrogens is 1590 g/mol. The maximum absolute atomic E-state index is 13.1. The number of nitro benzene ring substituents is 1. The predicted octanol–water partition coefficient (Wildman–Crippen LogP) is 8.36. The molecule has 0 unspecified atom stereocenters. The number of aromatic nitrogens is 4. The summed E-state index contributed by atoms with van der Waals surface area (Å²) in [5.41, 5.74) is 6.34. The van der Waals surface area contributed by atoms with Gasteiger partial charge in [-0.15, -0.1) is 13.2 Å². The maximum atomic E-state index is 13.1. The van der Waals surface area contributed by atoms with Crippen LogP contribution in [0.3, 0.4) is 0 Å². The number of aryl methyl sites for hydroxylation is 2. The van der Waals surface area contributed by atoms with Gasteiger partial charge in [0, 0.05) is 118 Å². The number of carbonyl (C=O) groups excluding carboxylic acids is 3. The number of esters is 3. The molecule has 0 fully saturated rings. The Labute approximate surface area is 645 Å². The molecule has 4 heterocycles. The molecule has 8 rings (SSSR count). The number of unbranched alkanes of at least 4 members (excludes halogenated alkanes) is 2. The molecule has 45 heteroatoms. The summed E-state index contributed by atoms with van der Waals surface area (Å²) in [6.07, 6.45) is 13.8. The van der Waals surface area contributed by atoms with Crippen molar-refractivity contribution < 1.29 is 77.1 Å². The molecule has 2 aliphatic rings. The topological polar surface area (TPSA) is 479 Å². The lowest BCUT2D eigenvalue weighted by Crippen LogP contribution is -2.16. The first-order valence-corrected chi connectivity index (χ1v) is 42.5. The summed E-state index contributed by atoms with van der Waals surface area (Å²) >= 11 is 7.24. The van der Waals surface area contributed by atoms with E-state index < -0.39 is 79.5 Å². The highest BCUT2D eigenvalue weighted by molar-refractivity contribution is 8.39. The number of aliphatic imine (C=N–C) groups is 2. The zero-order chi connectivity index (χ0) is 79.7. The number of nitrogens with one attached hydrogen (secondary N) is 2. The van der Waals surface area contributed by atoms with Gasteiger partial charge in [0.1, 0.15) is 47.3 Å². The maximum Gasteiger partial charge on any atom is 0.338 e. The van der Waals surface area contributed by atoms with Crippen LogP contribution in [0, 0.1) is 10.1 Å². The molecule has 6 aromatic rings. The molecule has 7 N–H and O–H groups in total. The van der Waals surface area contributed by atoms with Crippen molar-refractivity contribution in [3.63, 3.8) is 0 Å². The van der Waals surface area contributed by atoms with E-state index in [0.717, 1.165) is 103 Å². The van der Waals surface area contributed by atoms with Gasteiger partial charge >= 0.3 is 23.9 Å². The number of ether oxygens (including phenoxy) is 3. The highest BCUT2D eigenvalue weighted by Crippen LogP contribution is 2.44. The number of hydrogen-bond acceptors (Lipinski definition) is 30. The summed E-state index contributed by atoms with van der Waals surface area (Å²) in [4.78, 5) is 79.4. The number of anilines is 3. The average Bonchev–Trinajstić information content (AvgIpc) is 1.48. The number of primary sulfonamides is 1. The summed E-state index contributed by atoms with van der Waals surface area (Å²) in [5, 5.41) is 33.7. The van der Waals surface area contributed by atoms with E-state index in [1.807, 2.05) is 14.0 Å². The number of carboxylic acids is 1. The van der Waals surface area contributed by atoms with E-state index in [9.17, 15) is 68.1 Å². The molecule has 0 saturated carbocycles. The highest BCUT2D eigenvalue weighted by Gasteiger charge is 2.33. The number of carbonyl (C=O) groups is 4. The van der Waals surface area contributed by atoms with Crippen LogP contribution in [-0.4, -0.2) is 230 Å². The minimum atomic E-state index is -4.32.